The molecule has 0 aliphatic heterocycles. The maximum atomic E-state index is 5.10. The van der Waals surface area contributed by atoms with E-state index in [9.17, 15) is 0 Å². The smallest absolute Gasteiger partial charge is 0.227 e. The molecule has 0 atom stereocenters. The van der Waals surface area contributed by atoms with Gasteiger partial charge >= 0.3 is 0 Å². The van der Waals surface area contributed by atoms with Gasteiger partial charge in [-0.05, 0) is 19.4 Å². The van der Waals surface area contributed by atoms with Crippen molar-refractivity contribution in [3.63, 3.8) is 0 Å². The van der Waals surface area contributed by atoms with Gasteiger partial charge in [0.05, 0.1) is 0 Å². The molecular formula is C10H19N3O. The number of likely N-dealkylation sites (N-methyl/N-ethyl adjacent to an activating group) is 1. The summed E-state index contributed by atoms with van der Waals surface area (Å²) in [5.41, 5.74) is 0. The van der Waals surface area contributed by atoms with Crippen LogP contribution in [0.25, 0.3) is 0 Å². The lowest BCUT2D eigenvalue weighted by Crippen LogP contribution is -2.10. The van der Waals surface area contributed by atoms with Gasteiger partial charge in [0, 0.05) is 19.4 Å². The molecule has 0 radical (unpaired) electrons. The molecule has 0 fully saturated rings. The van der Waals surface area contributed by atoms with E-state index in [0.717, 1.165) is 37.5 Å². The van der Waals surface area contributed by atoms with Crippen LogP contribution in [0.1, 0.15) is 32.0 Å². The predicted octanol–water partition coefficient (Wildman–Crippen LogP) is 1.42. The quantitative estimate of drug-likeness (QED) is 0.749. The number of nitrogens with one attached hydrogen (secondary N) is 1. The number of hydrogen-bond donors (Lipinski definition) is 1. The zero-order chi connectivity index (χ0) is 10.4. The fraction of sp³-hybridized carbons (Fsp3) is 0.800. The Kier molecular flexibility index (Phi) is 4.59. The Morgan fingerprint density at radius 3 is 2.79 bits per heavy atom. The van der Waals surface area contributed by atoms with Crippen molar-refractivity contribution in [2.75, 3.05) is 13.6 Å². The van der Waals surface area contributed by atoms with E-state index in [1.54, 1.807) is 0 Å². The molecule has 1 rings (SSSR count). The van der Waals surface area contributed by atoms with Gasteiger partial charge in [-0.3, -0.25) is 0 Å². The molecule has 80 valence electrons. The van der Waals surface area contributed by atoms with E-state index in [1.807, 2.05) is 7.05 Å². The van der Waals surface area contributed by atoms with E-state index in [2.05, 4.69) is 29.3 Å². The van der Waals surface area contributed by atoms with Crippen molar-refractivity contribution >= 4 is 0 Å². The molecule has 0 aliphatic carbocycles. The third-order valence-corrected chi connectivity index (χ3v) is 2.04. The molecular weight excluding hydrogens is 178 g/mol. The predicted molar refractivity (Wildman–Crippen MR) is 55.1 cm³/mol. The van der Waals surface area contributed by atoms with Crippen LogP contribution in [0.15, 0.2) is 4.52 Å². The summed E-state index contributed by atoms with van der Waals surface area (Å²) in [5.74, 6) is 2.26. The Morgan fingerprint density at radius 2 is 2.14 bits per heavy atom. The molecule has 0 saturated heterocycles. The van der Waals surface area contributed by atoms with Crippen molar-refractivity contribution in [3.8, 4) is 0 Å². The first-order valence-electron chi connectivity index (χ1n) is 5.18. The van der Waals surface area contributed by atoms with E-state index in [-0.39, 0.29) is 0 Å². The van der Waals surface area contributed by atoms with Crippen molar-refractivity contribution in [2.45, 2.75) is 33.1 Å². The number of rotatable bonds is 6. The molecule has 1 heterocycles. The maximum Gasteiger partial charge on any atom is 0.227 e. The Bertz CT molecular complexity index is 258. The average molecular weight is 197 g/mol. The first-order chi connectivity index (χ1) is 6.72. The third kappa shape index (κ3) is 3.87. The summed E-state index contributed by atoms with van der Waals surface area (Å²) in [6.45, 7) is 5.27. The first kappa shape index (κ1) is 11.2. The number of nitrogens with zero attached hydrogens (tertiary/aromatic N) is 2. The molecule has 1 aromatic rings. The zero-order valence-electron chi connectivity index (χ0n) is 9.21. The van der Waals surface area contributed by atoms with Crippen molar-refractivity contribution in [1.82, 2.24) is 15.5 Å². The highest BCUT2D eigenvalue weighted by molar-refractivity contribution is 4.87. The van der Waals surface area contributed by atoms with Gasteiger partial charge in [-0.15, -0.1) is 0 Å². The molecule has 0 saturated carbocycles. The van der Waals surface area contributed by atoms with Crippen molar-refractivity contribution in [3.05, 3.63) is 11.7 Å². The van der Waals surface area contributed by atoms with Gasteiger partial charge in [0.15, 0.2) is 5.82 Å². The van der Waals surface area contributed by atoms with Crippen LogP contribution >= 0.6 is 0 Å². The molecule has 1 N–H and O–H groups in total. The monoisotopic (exact) mass is 197 g/mol. The fourth-order valence-electron chi connectivity index (χ4n) is 1.14. The highest BCUT2D eigenvalue weighted by Crippen LogP contribution is 2.06. The number of aryl methyl sites for hydroxylation is 1. The summed E-state index contributed by atoms with van der Waals surface area (Å²) < 4.78 is 5.10. The van der Waals surface area contributed by atoms with Gasteiger partial charge in [-0.25, -0.2) is 0 Å². The normalized spacial score (nSPS) is 11.1. The summed E-state index contributed by atoms with van der Waals surface area (Å²) >= 11 is 0. The second kappa shape index (κ2) is 5.75. The lowest BCUT2D eigenvalue weighted by atomic mass is 10.1. The summed E-state index contributed by atoms with van der Waals surface area (Å²) in [4.78, 5) is 4.30. The molecule has 0 unspecified atom stereocenters. The van der Waals surface area contributed by atoms with Crippen molar-refractivity contribution in [1.29, 1.82) is 0 Å². The van der Waals surface area contributed by atoms with Crippen LogP contribution in [0, 0.1) is 5.92 Å². The zero-order valence-corrected chi connectivity index (χ0v) is 9.21. The Balaban J connectivity index is 2.35. The lowest BCUT2D eigenvalue weighted by Gasteiger charge is -1.98. The van der Waals surface area contributed by atoms with E-state index in [4.69, 9.17) is 4.52 Å². The number of aromatic nitrogens is 2. The van der Waals surface area contributed by atoms with Crippen LogP contribution in [-0.4, -0.2) is 23.7 Å². The van der Waals surface area contributed by atoms with Crippen LogP contribution in [0.4, 0.5) is 0 Å². The number of hydrogen-bond acceptors (Lipinski definition) is 4. The molecule has 0 aromatic carbocycles. The summed E-state index contributed by atoms with van der Waals surface area (Å²) in [5, 5.41) is 6.98. The third-order valence-electron chi connectivity index (χ3n) is 2.04. The summed E-state index contributed by atoms with van der Waals surface area (Å²) in [6, 6.07) is 0. The average Bonchev–Trinajstić information content (AvgIpc) is 2.59. The van der Waals surface area contributed by atoms with E-state index >= 15 is 0 Å². The van der Waals surface area contributed by atoms with Gasteiger partial charge in [0.2, 0.25) is 5.89 Å². The minimum absolute atomic E-state index is 0.689. The van der Waals surface area contributed by atoms with Gasteiger partial charge in [0.1, 0.15) is 0 Å². The minimum atomic E-state index is 0.689. The Hall–Kier alpha value is -0.900. The summed E-state index contributed by atoms with van der Waals surface area (Å²) in [7, 11) is 1.91. The SMILES string of the molecule is CNCCc1nc(CCC(C)C)no1. The largest absolute Gasteiger partial charge is 0.339 e. The van der Waals surface area contributed by atoms with Crippen LogP contribution < -0.4 is 5.32 Å². The molecule has 4 nitrogen and oxygen atoms in total. The Morgan fingerprint density at radius 1 is 1.36 bits per heavy atom. The Labute approximate surface area is 85.1 Å². The molecule has 0 bridgehead atoms. The van der Waals surface area contributed by atoms with E-state index in [0.29, 0.717) is 5.92 Å². The fourth-order valence-corrected chi connectivity index (χ4v) is 1.14. The molecule has 0 amide bonds. The second-order valence-electron chi connectivity index (χ2n) is 3.89. The van der Waals surface area contributed by atoms with Crippen LogP contribution in [0.2, 0.25) is 0 Å². The molecule has 0 aliphatic rings. The van der Waals surface area contributed by atoms with E-state index < -0.39 is 0 Å². The van der Waals surface area contributed by atoms with Gasteiger partial charge in [0.25, 0.3) is 0 Å². The minimum Gasteiger partial charge on any atom is -0.339 e. The molecule has 0 spiro atoms. The summed E-state index contributed by atoms with van der Waals surface area (Å²) in [6.07, 6.45) is 2.84. The van der Waals surface area contributed by atoms with Gasteiger partial charge in [-0.2, -0.15) is 4.98 Å². The van der Waals surface area contributed by atoms with Crippen molar-refractivity contribution < 1.29 is 4.52 Å². The van der Waals surface area contributed by atoms with Crippen LogP contribution in [0.3, 0.4) is 0 Å². The topological polar surface area (TPSA) is 51.0 Å². The molecule has 1 aromatic heterocycles. The van der Waals surface area contributed by atoms with Crippen molar-refractivity contribution in [2.24, 2.45) is 5.92 Å². The second-order valence-corrected chi connectivity index (χ2v) is 3.89. The van der Waals surface area contributed by atoms with Gasteiger partial charge in [-0.1, -0.05) is 19.0 Å². The molecule has 4 heteroatoms. The maximum absolute atomic E-state index is 5.10. The van der Waals surface area contributed by atoms with E-state index in [1.165, 1.54) is 0 Å². The standard InChI is InChI=1S/C10H19N3O/c1-8(2)4-5-9-12-10(14-13-9)6-7-11-3/h8,11H,4-7H2,1-3H3. The van der Waals surface area contributed by atoms with Crippen LogP contribution in [-0.2, 0) is 12.8 Å². The highest BCUT2D eigenvalue weighted by Gasteiger charge is 2.06. The lowest BCUT2D eigenvalue weighted by molar-refractivity contribution is 0.370. The highest BCUT2D eigenvalue weighted by atomic mass is 16.5. The van der Waals surface area contributed by atoms with Gasteiger partial charge < -0.3 is 9.84 Å². The molecule has 14 heavy (non-hydrogen) atoms. The van der Waals surface area contributed by atoms with Crippen LogP contribution in [0.5, 0.6) is 0 Å². The first-order valence-corrected chi connectivity index (χ1v) is 5.18.